The summed E-state index contributed by atoms with van der Waals surface area (Å²) in [7, 11) is 1.61. The molecule has 140 valence electrons. The molecule has 0 unspecified atom stereocenters. The number of Topliss-reactive ketones (excluding diaryl/α,β-unsaturated/α-hetero) is 1. The number of imidazole rings is 1. The van der Waals surface area contributed by atoms with Gasteiger partial charge < -0.3 is 24.6 Å². The van der Waals surface area contributed by atoms with Crippen LogP contribution in [0.2, 0.25) is 0 Å². The minimum Gasteiger partial charge on any atom is -0.448 e. The minimum atomic E-state index is -1.06. The molecule has 0 fully saturated rings. The van der Waals surface area contributed by atoms with Gasteiger partial charge in [-0.05, 0) is 38.1 Å². The second kappa shape index (κ2) is 6.94. The number of amides is 1. The predicted octanol–water partition coefficient (Wildman–Crippen LogP) is 1.58. The highest BCUT2D eigenvalue weighted by atomic mass is 16.5. The van der Waals surface area contributed by atoms with Crippen LogP contribution in [0.15, 0.2) is 35.3 Å². The number of fused-ring (bicyclic) bond motifs is 1. The molecule has 27 heavy (non-hydrogen) atoms. The zero-order valence-electron chi connectivity index (χ0n) is 15.0. The van der Waals surface area contributed by atoms with Crippen LogP contribution >= 0.6 is 0 Å². The van der Waals surface area contributed by atoms with Crippen molar-refractivity contribution in [1.29, 1.82) is 0 Å². The number of carbonyl (C=O) groups is 3. The number of ketones is 1. The highest BCUT2D eigenvalue weighted by Crippen LogP contribution is 2.16. The number of esters is 1. The van der Waals surface area contributed by atoms with Gasteiger partial charge in [-0.25, -0.2) is 9.59 Å². The summed E-state index contributed by atoms with van der Waals surface area (Å²) >= 11 is 0. The second-order valence-electron chi connectivity index (χ2n) is 6.16. The Balaban J connectivity index is 1.68. The third-order valence-corrected chi connectivity index (χ3v) is 4.06. The van der Waals surface area contributed by atoms with E-state index in [1.807, 2.05) is 0 Å². The van der Waals surface area contributed by atoms with E-state index in [2.05, 4.69) is 15.3 Å². The first kappa shape index (κ1) is 18.2. The van der Waals surface area contributed by atoms with Crippen molar-refractivity contribution in [3.05, 3.63) is 52.2 Å². The van der Waals surface area contributed by atoms with Gasteiger partial charge in [0.25, 0.3) is 5.91 Å². The van der Waals surface area contributed by atoms with Gasteiger partial charge >= 0.3 is 11.7 Å². The Labute approximate surface area is 153 Å². The van der Waals surface area contributed by atoms with E-state index in [-0.39, 0.29) is 17.2 Å². The Morgan fingerprint density at radius 2 is 1.85 bits per heavy atom. The Bertz CT molecular complexity index is 1100. The molecule has 0 saturated heterocycles. The lowest BCUT2D eigenvalue weighted by molar-refractivity contribution is -0.123. The van der Waals surface area contributed by atoms with E-state index in [1.54, 1.807) is 25.2 Å². The number of hydrogen-bond donors (Lipinski definition) is 3. The summed E-state index contributed by atoms with van der Waals surface area (Å²) < 4.78 is 6.66. The molecule has 0 aliphatic rings. The van der Waals surface area contributed by atoms with E-state index in [0.29, 0.717) is 22.3 Å². The Morgan fingerprint density at radius 1 is 1.15 bits per heavy atom. The van der Waals surface area contributed by atoms with Gasteiger partial charge in [0.05, 0.1) is 11.0 Å². The average molecular weight is 370 g/mol. The molecule has 2 aromatic heterocycles. The maximum Gasteiger partial charge on any atom is 0.355 e. The number of nitrogens with one attached hydrogen (secondary N) is 3. The molecule has 9 nitrogen and oxygen atoms in total. The van der Waals surface area contributed by atoms with Crippen molar-refractivity contribution < 1.29 is 19.1 Å². The number of aryl methyl sites for hydroxylation is 1. The summed E-state index contributed by atoms with van der Waals surface area (Å²) in [6.07, 6.45) is 0.463. The normalized spacial score (nSPS) is 12.0. The summed E-state index contributed by atoms with van der Waals surface area (Å²) in [5.41, 5.74) is 1.82. The molecular weight excluding hydrogens is 352 g/mol. The number of aromatic amines is 2. The first-order valence-electron chi connectivity index (χ1n) is 8.16. The van der Waals surface area contributed by atoms with Gasteiger partial charge in [0.15, 0.2) is 11.9 Å². The van der Waals surface area contributed by atoms with Crippen molar-refractivity contribution in [3.8, 4) is 0 Å². The van der Waals surface area contributed by atoms with Crippen molar-refractivity contribution in [3.63, 3.8) is 0 Å². The number of nitrogens with zero attached hydrogens (tertiary/aromatic N) is 1. The molecule has 3 aromatic rings. The van der Waals surface area contributed by atoms with Crippen LogP contribution in [-0.2, 0) is 16.6 Å². The van der Waals surface area contributed by atoms with E-state index in [4.69, 9.17) is 4.74 Å². The molecule has 0 radical (unpaired) electrons. The maximum absolute atomic E-state index is 12.3. The lowest BCUT2D eigenvalue weighted by atomic mass is 10.2. The third kappa shape index (κ3) is 3.81. The zero-order valence-corrected chi connectivity index (χ0v) is 15.0. The van der Waals surface area contributed by atoms with Gasteiger partial charge in [-0.2, -0.15) is 0 Å². The summed E-state index contributed by atoms with van der Waals surface area (Å²) in [5.74, 6) is -1.41. The van der Waals surface area contributed by atoms with Crippen LogP contribution in [0.4, 0.5) is 5.69 Å². The molecule has 1 amide bonds. The Hall–Kier alpha value is -3.62. The molecule has 3 rings (SSSR count). The smallest absolute Gasteiger partial charge is 0.355 e. The quantitative estimate of drug-likeness (QED) is 0.464. The van der Waals surface area contributed by atoms with Crippen molar-refractivity contribution >= 4 is 34.4 Å². The molecule has 9 heteroatoms. The minimum absolute atomic E-state index is 0.172. The zero-order chi connectivity index (χ0) is 19.7. The number of hydrogen-bond acceptors (Lipinski definition) is 5. The van der Waals surface area contributed by atoms with Crippen LogP contribution in [0.1, 0.15) is 34.7 Å². The van der Waals surface area contributed by atoms with Crippen LogP contribution < -0.4 is 11.0 Å². The molecule has 2 heterocycles. The summed E-state index contributed by atoms with van der Waals surface area (Å²) in [6, 6.07) is 6.28. The van der Waals surface area contributed by atoms with Gasteiger partial charge in [0.1, 0.15) is 5.69 Å². The first-order chi connectivity index (χ1) is 12.7. The third-order valence-electron chi connectivity index (χ3n) is 4.06. The number of aromatic nitrogens is 3. The molecule has 0 saturated carbocycles. The summed E-state index contributed by atoms with van der Waals surface area (Å²) in [6.45, 7) is 2.84. The van der Waals surface area contributed by atoms with Crippen molar-refractivity contribution in [1.82, 2.24) is 14.5 Å². The van der Waals surface area contributed by atoms with E-state index in [0.717, 1.165) is 0 Å². The van der Waals surface area contributed by atoms with Crippen molar-refractivity contribution in [2.75, 3.05) is 5.32 Å². The average Bonchev–Trinajstić information content (AvgIpc) is 3.16. The van der Waals surface area contributed by atoms with Crippen molar-refractivity contribution in [2.24, 2.45) is 7.05 Å². The van der Waals surface area contributed by atoms with E-state index < -0.39 is 18.0 Å². The molecule has 1 aromatic carbocycles. The molecule has 1 atom stereocenters. The molecule has 0 aliphatic heterocycles. The number of carbonyl (C=O) groups excluding carboxylic acids is 3. The summed E-state index contributed by atoms with van der Waals surface area (Å²) in [5, 5.41) is 2.62. The lowest BCUT2D eigenvalue weighted by Crippen LogP contribution is -2.30. The van der Waals surface area contributed by atoms with E-state index >= 15 is 0 Å². The van der Waals surface area contributed by atoms with Crippen LogP contribution in [0.5, 0.6) is 0 Å². The van der Waals surface area contributed by atoms with Gasteiger partial charge in [-0.1, -0.05) is 0 Å². The largest absolute Gasteiger partial charge is 0.448 e. The summed E-state index contributed by atoms with van der Waals surface area (Å²) in [4.78, 5) is 52.4. The van der Waals surface area contributed by atoms with Gasteiger partial charge in [0, 0.05) is 24.5 Å². The molecule has 0 bridgehead atoms. The van der Waals surface area contributed by atoms with Gasteiger partial charge in [0.2, 0.25) is 0 Å². The van der Waals surface area contributed by atoms with Crippen LogP contribution in [-0.4, -0.2) is 38.3 Å². The van der Waals surface area contributed by atoms with E-state index in [9.17, 15) is 19.2 Å². The number of rotatable bonds is 5. The number of anilines is 1. The highest BCUT2D eigenvalue weighted by Gasteiger charge is 2.22. The predicted molar refractivity (Wildman–Crippen MR) is 97.8 cm³/mol. The topological polar surface area (TPSA) is 126 Å². The lowest BCUT2D eigenvalue weighted by Gasteiger charge is -2.13. The fraction of sp³-hybridized carbons (Fsp3) is 0.222. The fourth-order valence-corrected chi connectivity index (χ4v) is 2.59. The molecule has 0 spiro atoms. The highest BCUT2D eigenvalue weighted by molar-refractivity contribution is 6.00. The van der Waals surface area contributed by atoms with Crippen LogP contribution in [0, 0.1) is 0 Å². The maximum atomic E-state index is 12.3. The fourth-order valence-electron chi connectivity index (χ4n) is 2.59. The van der Waals surface area contributed by atoms with E-state index in [1.165, 1.54) is 30.7 Å². The molecular formula is C18H18N4O5. The number of ether oxygens (including phenoxy) is 1. The van der Waals surface area contributed by atoms with Crippen LogP contribution in [0.25, 0.3) is 11.0 Å². The monoisotopic (exact) mass is 370 g/mol. The second-order valence-corrected chi connectivity index (χ2v) is 6.16. The standard InChI is InChI=1S/C18H18N4O5/c1-9(23)11-6-15(22(3)8-11)17(25)27-10(2)16(24)19-12-4-5-13-14(7-12)21-18(26)20-13/h4-8,10H,1-3H3,(H,19,24)(H2,20,21,26)/t10-/m0/s1. The number of H-pyrrole nitrogens is 2. The Kier molecular flexibility index (Phi) is 4.68. The molecule has 3 N–H and O–H groups in total. The Morgan fingerprint density at radius 3 is 2.52 bits per heavy atom. The van der Waals surface area contributed by atoms with Crippen molar-refractivity contribution in [2.45, 2.75) is 20.0 Å². The van der Waals surface area contributed by atoms with Gasteiger partial charge in [-0.15, -0.1) is 0 Å². The first-order valence-corrected chi connectivity index (χ1v) is 8.16. The molecule has 0 aliphatic carbocycles. The SMILES string of the molecule is CC(=O)c1cc(C(=O)O[C@@H](C)C(=O)Nc2ccc3[nH]c(=O)[nH]c3c2)n(C)c1. The number of benzene rings is 1. The van der Waals surface area contributed by atoms with Gasteiger partial charge in [-0.3, -0.25) is 9.59 Å². The van der Waals surface area contributed by atoms with Crippen LogP contribution in [0.3, 0.4) is 0 Å².